The summed E-state index contributed by atoms with van der Waals surface area (Å²) in [6.07, 6.45) is 15.9. The molecule has 0 rings (SSSR count). The second-order valence-corrected chi connectivity index (χ2v) is 4.37. The summed E-state index contributed by atoms with van der Waals surface area (Å²) >= 11 is 0. The highest BCUT2D eigenvalue weighted by Gasteiger charge is 2.17. The summed E-state index contributed by atoms with van der Waals surface area (Å²) in [4.78, 5) is 16.3. The summed E-state index contributed by atoms with van der Waals surface area (Å²) in [7, 11) is 0. The van der Waals surface area contributed by atoms with E-state index in [0.717, 1.165) is 0 Å². The molecule has 0 spiro atoms. The lowest BCUT2D eigenvalue weighted by Gasteiger charge is -2.28. The van der Waals surface area contributed by atoms with E-state index in [0.29, 0.717) is 26.2 Å². The maximum absolute atomic E-state index is 12.6. The number of hydrogen-bond donors (Lipinski definition) is 0. The first-order valence-electron chi connectivity index (χ1n) is 7.19. The van der Waals surface area contributed by atoms with Crippen molar-refractivity contribution in [3.63, 3.8) is 0 Å². The predicted molar refractivity (Wildman–Crippen MR) is 87.8 cm³/mol. The molecule has 0 aliphatic heterocycles. The molecule has 112 valence electrons. The van der Waals surface area contributed by atoms with Gasteiger partial charge in [0.05, 0.1) is 0 Å². The zero-order chi connectivity index (χ0) is 15.2. The van der Waals surface area contributed by atoms with Gasteiger partial charge in [0.25, 0.3) is 0 Å². The van der Waals surface area contributed by atoms with Gasteiger partial charge in [-0.1, -0.05) is 48.6 Å². The summed E-state index contributed by atoms with van der Waals surface area (Å²) in [6, 6.07) is 0.0670. The molecule has 0 heterocycles. The zero-order valence-electron chi connectivity index (χ0n) is 13.2. The standard InChI is InChI=1S/C17H28N2O/c1-5-9-13-18(14-10-6-2)17(20)19(15-11-7-3)16-12-8-4/h5-12H,13-16H2,1-4H3. The molecule has 3 heteroatoms. The van der Waals surface area contributed by atoms with Crippen LogP contribution in [0.2, 0.25) is 0 Å². The smallest absolute Gasteiger partial charge is 0.317 e. The highest BCUT2D eigenvalue weighted by molar-refractivity contribution is 5.75. The summed E-state index contributed by atoms with van der Waals surface area (Å²) in [5.41, 5.74) is 0. The third kappa shape index (κ3) is 7.62. The minimum absolute atomic E-state index is 0.0670. The highest BCUT2D eigenvalue weighted by atomic mass is 16.2. The fraction of sp³-hybridized carbons (Fsp3) is 0.471. The number of allylic oxidation sites excluding steroid dienone is 4. The van der Waals surface area contributed by atoms with E-state index in [1.807, 2.05) is 86.1 Å². The van der Waals surface area contributed by atoms with Crippen LogP contribution in [0.25, 0.3) is 0 Å². The molecule has 0 aliphatic rings. The molecule has 20 heavy (non-hydrogen) atoms. The van der Waals surface area contributed by atoms with E-state index in [4.69, 9.17) is 0 Å². The summed E-state index contributed by atoms with van der Waals surface area (Å²) in [5.74, 6) is 0. The third-order valence-corrected chi connectivity index (χ3v) is 2.79. The van der Waals surface area contributed by atoms with Gasteiger partial charge >= 0.3 is 6.03 Å². The summed E-state index contributed by atoms with van der Waals surface area (Å²) in [6.45, 7) is 10.4. The van der Waals surface area contributed by atoms with Gasteiger partial charge in [0.2, 0.25) is 0 Å². The van der Waals surface area contributed by atoms with E-state index in [1.165, 1.54) is 0 Å². The Morgan fingerprint density at radius 3 is 1.10 bits per heavy atom. The molecule has 0 saturated heterocycles. The van der Waals surface area contributed by atoms with Gasteiger partial charge in [-0.2, -0.15) is 0 Å². The number of carbonyl (C=O) groups is 1. The number of nitrogens with zero attached hydrogens (tertiary/aromatic N) is 2. The maximum atomic E-state index is 12.6. The molecule has 0 unspecified atom stereocenters. The Morgan fingerprint density at radius 1 is 0.650 bits per heavy atom. The van der Waals surface area contributed by atoms with Gasteiger partial charge in [-0.05, 0) is 27.7 Å². The van der Waals surface area contributed by atoms with Crippen molar-refractivity contribution in [3.8, 4) is 0 Å². The van der Waals surface area contributed by atoms with E-state index in [1.54, 1.807) is 0 Å². The van der Waals surface area contributed by atoms with Gasteiger partial charge in [0, 0.05) is 26.2 Å². The first-order chi connectivity index (χ1) is 9.71. The average molecular weight is 276 g/mol. The largest absolute Gasteiger partial charge is 0.321 e. The van der Waals surface area contributed by atoms with Crippen LogP contribution < -0.4 is 0 Å². The second-order valence-electron chi connectivity index (χ2n) is 4.37. The Bertz CT molecular complexity index is 305. The van der Waals surface area contributed by atoms with Gasteiger partial charge in [-0.15, -0.1) is 0 Å². The minimum atomic E-state index is 0.0670. The van der Waals surface area contributed by atoms with Crippen molar-refractivity contribution in [2.75, 3.05) is 26.2 Å². The minimum Gasteiger partial charge on any atom is -0.317 e. The van der Waals surface area contributed by atoms with Gasteiger partial charge in [-0.25, -0.2) is 4.79 Å². The lowest BCUT2D eigenvalue weighted by Crippen LogP contribution is -2.43. The molecule has 3 nitrogen and oxygen atoms in total. The van der Waals surface area contributed by atoms with Crippen molar-refractivity contribution < 1.29 is 4.79 Å². The third-order valence-electron chi connectivity index (χ3n) is 2.79. The van der Waals surface area contributed by atoms with Crippen LogP contribution >= 0.6 is 0 Å². The first-order valence-corrected chi connectivity index (χ1v) is 7.19. The monoisotopic (exact) mass is 276 g/mol. The van der Waals surface area contributed by atoms with Crippen molar-refractivity contribution >= 4 is 6.03 Å². The topological polar surface area (TPSA) is 23.6 Å². The molecule has 0 aromatic carbocycles. The summed E-state index contributed by atoms with van der Waals surface area (Å²) < 4.78 is 0. The molecule has 0 aliphatic carbocycles. The molecule has 0 N–H and O–H groups in total. The number of carbonyl (C=O) groups excluding carboxylic acids is 1. The normalized spacial score (nSPS) is 12.2. The molecular formula is C17H28N2O. The van der Waals surface area contributed by atoms with Crippen molar-refractivity contribution in [2.24, 2.45) is 0 Å². The van der Waals surface area contributed by atoms with Gasteiger partial charge in [0.1, 0.15) is 0 Å². The molecule has 0 aromatic rings. The van der Waals surface area contributed by atoms with Crippen LogP contribution in [0.1, 0.15) is 27.7 Å². The SMILES string of the molecule is CC=CCN(CC=CC)C(=O)N(CC=CC)CC=CC. The lowest BCUT2D eigenvalue weighted by atomic mass is 10.3. The molecule has 2 amide bonds. The highest BCUT2D eigenvalue weighted by Crippen LogP contribution is 2.02. The van der Waals surface area contributed by atoms with Crippen molar-refractivity contribution in [3.05, 3.63) is 48.6 Å². The van der Waals surface area contributed by atoms with Crippen molar-refractivity contribution in [1.82, 2.24) is 9.80 Å². The molecule has 0 radical (unpaired) electrons. The van der Waals surface area contributed by atoms with Crippen LogP contribution in [0, 0.1) is 0 Å². The lowest BCUT2D eigenvalue weighted by molar-refractivity contribution is 0.172. The maximum Gasteiger partial charge on any atom is 0.321 e. The first kappa shape index (κ1) is 18.2. The fourth-order valence-electron chi connectivity index (χ4n) is 1.59. The molecule has 0 atom stereocenters. The van der Waals surface area contributed by atoms with Gasteiger partial charge in [0.15, 0.2) is 0 Å². The quantitative estimate of drug-likeness (QED) is 0.614. The fourth-order valence-corrected chi connectivity index (χ4v) is 1.59. The van der Waals surface area contributed by atoms with Crippen LogP contribution in [-0.4, -0.2) is 42.0 Å². The Labute approximate surface area is 124 Å². The molecule has 0 aromatic heterocycles. The number of urea groups is 1. The van der Waals surface area contributed by atoms with E-state index in [9.17, 15) is 4.79 Å². The van der Waals surface area contributed by atoms with Crippen molar-refractivity contribution in [2.45, 2.75) is 27.7 Å². The van der Waals surface area contributed by atoms with Gasteiger partial charge < -0.3 is 9.80 Å². The number of amides is 2. The van der Waals surface area contributed by atoms with Crippen LogP contribution in [0.5, 0.6) is 0 Å². The van der Waals surface area contributed by atoms with E-state index < -0.39 is 0 Å². The molecular weight excluding hydrogens is 248 g/mol. The summed E-state index contributed by atoms with van der Waals surface area (Å²) in [5, 5.41) is 0. The van der Waals surface area contributed by atoms with Crippen LogP contribution in [0.4, 0.5) is 4.79 Å². The van der Waals surface area contributed by atoms with Crippen molar-refractivity contribution in [1.29, 1.82) is 0 Å². The Hall–Kier alpha value is -1.77. The van der Waals surface area contributed by atoms with Crippen LogP contribution in [-0.2, 0) is 0 Å². The molecule has 0 fully saturated rings. The van der Waals surface area contributed by atoms with E-state index in [2.05, 4.69) is 0 Å². The van der Waals surface area contributed by atoms with E-state index in [-0.39, 0.29) is 6.03 Å². The van der Waals surface area contributed by atoms with Crippen LogP contribution in [0.15, 0.2) is 48.6 Å². The second kappa shape index (κ2) is 12.3. The number of rotatable bonds is 8. The molecule has 0 saturated carbocycles. The van der Waals surface area contributed by atoms with Crippen LogP contribution in [0.3, 0.4) is 0 Å². The Balaban J connectivity index is 4.89. The number of hydrogen-bond acceptors (Lipinski definition) is 1. The average Bonchev–Trinajstić information content (AvgIpc) is 2.47. The Morgan fingerprint density at radius 2 is 0.900 bits per heavy atom. The molecule has 0 bridgehead atoms. The van der Waals surface area contributed by atoms with Gasteiger partial charge in [-0.3, -0.25) is 0 Å². The predicted octanol–water partition coefficient (Wildman–Crippen LogP) is 4.01. The zero-order valence-corrected chi connectivity index (χ0v) is 13.2. The Kier molecular flexibility index (Phi) is 11.2. The van der Waals surface area contributed by atoms with E-state index >= 15 is 0 Å².